The maximum atomic E-state index is 12.6. The van der Waals surface area contributed by atoms with Gasteiger partial charge in [-0.2, -0.15) is 0 Å². The topological polar surface area (TPSA) is 49.9 Å². The van der Waals surface area contributed by atoms with E-state index in [1.165, 1.54) is 0 Å². The summed E-state index contributed by atoms with van der Waals surface area (Å²) in [5.41, 5.74) is -0.202. The predicted octanol–water partition coefficient (Wildman–Crippen LogP) is 1.91. The fraction of sp³-hybridized carbons (Fsp3) is 0.882. The number of likely N-dealkylation sites (tertiary alicyclic amines) is 1. The highest BCUT2D eigenvalue weighted by atomic mass is 16.5. The monoisotopic (exact) mass is 310 g/mol. The summed E-state index contributed by atoms with van der Waals surface area (Å²) in [6.45, 7) is 9.10. The Morgan fingerprint density at radius 3 is 2.50 bits per heavy atom. The van der Waals surface area contributed by atoms with Crippen molar-refractivity contribution in [3.05, 3.63) is 0 Å². The van der Waals surface area contributed by atoms with Crippen LogP contribution >= 0.6 is 0 Å². The Kier molecular flexibility index (Phi) is 5.48. The molecule has 2 heterocycles. The molecule has 22 heavy (non-hydrogen) atoms. The minimum atomic E-state index is -0.202. The van der Waals surface area contributed by atoms with Crippen molar-refractivity contribution in [2.75, 3.05) is 33.4 Å². The number of rotatable bonds is 4. The van der Waals surface area contributed by atoms with Gasteiger partial charge in [0.2, 0.25) is 11.8 Å². The normalized spacial score (nSPS) is 23.9. The quantitative estimate of drug-likeness (QED) is 0.797. The third kappa shape index (κ3) is 4.22. The maximum Gasteiger partial charge on any atom is 0.227 e. The smallest absolute Gasteiger partial charge is 0.227 e. The fourth-order valence-electron chi connectivity index (χ4n) is 3.35. The highest BCUT2D eigenvalue weighted by Crippen LogP contribution is 2.27. The molecule has 2 fully saturated rings. The van der Waals surface area contributed by atoms with Crippen LogP contribution in [0.3, 0.4) is 0 Å². The molecule has 2 aliphatic heterocycles. The Hall–Kier alpha value is -1.10. The van der Waals surface area contributed by atoms with E-state index in [9.17, 15) is 9.59 Å². The first-order valence-electron chi connectivity index (χ1n) is 8.42. The Labute approximate surface area is 134 Å². The van der Waals surface area contributed by atoms with E-state index in [-0.39, 0.29) is 23.3 Å². The first-order chi connectivity index (χ1) is 10.3. The summed E-state index contributed by atoms with van der Waals surface area (Å²) in [7, 11) is 1.87. The van der Waals surface area contributed by atoms with Gasteiger partial charge in [-0.25, -0.2) is 0 Å². The van der Waals surface area contributed by atoms with E-state index < -0.39 is 0 Å². The molecule has 0 bridgehead atoms. The first-order valence-corrected chi connectivity index (χ1v) is 8.42. The lowest BCUT2D eigenvalue weighted by Gasteiger charge is -2.32. The molecule has 0 aromatic rings. The van der Waals surface area contributed by atoms with Crippen LogP contribution in [0.15, 0.2) is 0 Å². The van der Waals surface area contributed by atoms with E-state index in [1.807, 2.05) is 37.6 Å². The van der Waals surface area contributed by atoms with Crippen molar-refractivity contribution >= 4 is 11.8 Å². The van der Waals surface area contributed by atoms with Crippen LogP contribution in [0.25, 0.3) is 0 Å². The van der Waals surface area contributed by atoms with Gasteiger partial charge < -0.3 is 14.5 Å². The standard InChI is InChI=1S/C17H30N2O3/c1-17(2,3)19-12-14(11-15(19)20)16(21)18(4)8-5-13-6-9-22-10-7-13/h13-14H,5-12H2,1-4H3. The molecule has 2 rings (SSSR count). The van der Waals surface area contributed by atoms with Gasteiger partial charge in [-0.05, 0) is 46.0 Å². The molecule has 126 valence electrons. The molecule has 0 aromatic carbocycles. The molecule has 2 saturated heterocycles. The molecule has 0 spiro atoms. The lowest BCUT2D eigenvalue weighted by molar-refractivity contribution is -0.135. The summed E-state index contributed by atoms with van der Waals surface area (Å²) >= 11 is 0. The Morgan fingerprint density at radius 2 is 1.95 bits per heavy atom. The number of carbonyl (C=O) groups excluding carboxylic acids is 2. The lowest BCUT2D eigenvalue weighted by Crippen LogP contribution is -2.43. The summed E-state index contributed by atoms with van der Waals surface area (Å²) in [6.07, 6.45) is 3.59. The van der Waals surface area contributed by atoms with E-state index in [2.05, 4.69) is 0 Å². The molecule has 5 nitrogen and oxygen atoms in total. The van der Waals surface area contributed by atoms with Crippen LogP contribution in [0.2, 0.25) is 0 Å². The van der Waals surface area contributed by atoms with Crippen molar-refractivity contribution in [1.29, 1.82) is 0 Å². The van der Waals surface area contributed by atoms with Crippen LogP contribution in [0, 0.1) is 11.8 Å². The van der Waals surface area contributed by atoms with Gasteiger partial charge in [0.15, 0.2) is 0 Å². The number of carbonyl (C=O) groups is 2. The molecular weight excluding hydrogens is 280 g/mol. The van der Waals surface area contributed by atoms with Gasteiger partial charge in [-0.15, -0.1) is 0 Å². The SMILES string of the molecule is CN(CCC1CCOCC1)C(=O)C1CC(=O)N(C(C)(C)C)C1. The van der Waals surface area contributed by atoms with Crippen LogP contribution in [0.5, 0.6) is 0 Å². The van der Waals surface area contributed by atoms with Crippen LogP contribution in [-0.2, 0) is 14.3 Å². The molecule has 2 aliphatic rings. The summed E-state index contributed by atoms with van der Waals surface area (Å²) in [4.78, 5) is 28.3. The third-order valence-electron chi connectivity index (χ3n) is 4.87. The van der Waals surface area contributed by atoms with Gasteiger partial charge in [0.1, 0.15) is 0 Å². The highest BCUT2D eigenvalue weighted by Gasteiger charge is 2.40. The van der Waals surface area contributed by atoms with Gasteiger partial charge in [-0.1, -0.05) is 0 Å². The van der Waals surface area contributed by atoms with Crippen molar-refractivity contribution < 1.29 is 14.3 Å². The Morgan fingerprint density at radius 1 is 1.32 bits per heavy atom. The van der Waals surface area contributed by atoms with Crippen molar-refractivity contribution in [3.8, 4) is 0 Å². The number of ether oxygens (including phenoxy) is 1. The molecular formula is C17H30N2O3. The van der Waals surface area contributed by atoms with Crippen LogP contribution < -0.4 is 0 Å². The average molecular weight is 310 g/mol. The third-order valence-corrected chi connectivity index (χ3v) is 4.87. The zero-order valence-electron chi connectivity index (χ0n) is 14.4. The number of hydrogen-bond acceptors (Lipinski definition) is 3. The average Bonchev–Trinajstić information content (AvgIpc) is 2.87. The molecule has 0 aliphatic carbocycles. The van der Waals surface area contributed by atoms with Crippen molar-refractivity contribution in [3.63, 3.8) is 0 Å². The van der Waals surface area contributed by atoms with Gasteiger partial charge in [0.25, 0.3) is 0 Å². The molecule has 0 saturated carbocycles. The second-order valence-electron chi connectivity index (χ2n) is 7.68. The molecule has 1 unspecified atom stereocenters. The molecule has 0 aromatic heterocycles. The molecule has 0 N–H and O–H groups in total. The second kappa shape index (κ2) is 6.99. The molecule has 0 radical (unpaired) electrons. The number of hydrogen-bond donors (Lipinski definition) is 0. The number of nitrogens with zero attached hydrogens (tertiary/aromatic N) is 2. The summed E-state index contributed by atoms with van der Waals surface area (Å²) in [5, 5.41) is 0. The predicted molar refractivity (Wildman–Crippen MR) is 85.4 cm³/mol. The van der Waals surface area contributed by atoms with E-state index in [4.69, 9.17) is 4.74 Å². The van der Waals surface area contributed by atoms with E-state index in [1.54, 1.807) is 0 Å². The lowest BCUT2D eigenvalue weighted by atomic mass is 9.96. The van der Waals surface area contributed by atoms with Crippen molar-refractivity contribution in [1.82, 2.24) is 9.80 Å². The summed E-state index contributed by atoms with van der Waals surface area (Å²) in [5.74, 6) is 0.711. The molecule has 5 heteroatoms. The van der Waals surface area contributed by atoms with E-state index in [0.717, 1.165) is 39.0 Å². The zero-order valence-corrected chi connectivity index (χ0v) is 14.4. The minimum Gasteiger partial charge on any atom is -0.381 e. The largest absolute Gasteiger partial charge is 0.381 e. The summed E-state index contributed by atoms with van der Waals surface area (Å²) < 4.78 is 5.37. The molecule has 2 amide bonds. The van der Waals surface area contributed by atoms with Crippen LogP contribution in [0.4, 0.5) is 0 Å². The highest BCUT2D eigenvalue weighted by molar-refractivity contribution is 5.89. The van der Waals surface area contributed by atoms with Gasteiger partial charge in [0, 0.05) is 45.3 Å². The van der Waals surface area contributed by atoms with Gasteiger partial charge >= 0.3 is 0 Å². The van der Waals surface area contributed by atoms with Crippen LogP contribution in [-0.4, -0.2) is 60.5 Å². The first kappa shape index (κ1) is 17.3. The molecule has 1 atom stereocenters. The van der Waals surface area contributed by atoms with Crippen molar-refractivity contribution in [2.24, 2.45) is 11.8 Å². The van der Waals surface area contributed by atoms with Gasteiger partial charge in [-0.3, -0.25) is 9.59 Å². The zero-order chi connectivity index (χ0) is 16.3. The maximum absolute atomic E-state index is 12.6. The van der Waals surface area contributed by atoms with E-state index in [0.29, 0.717) is 18.9 Å². The Balaban J connectivity index is 1.82. The fourth-order valence-corrected chi connectivity index (χ4v) is 3.35. The second-order valence-corrected chi connectivity index (χ2v) is 7.68. The minimum absolute atomic E-state index is 0.101. The Bertz CT molecular complexity index is 411. The van der Waals surface area contributed by atoms with Crippen LogP contribution in [0.1, 0.15) is 46.5 Å². The van der Waals surface area contributed by atoms with E-state index >= 15 is 0 Å². The summed E-state index contributed by atoms with van der Waals surface area (Å²) in [6, 6.07) is 0. The van der Waals surface area contributed by atoms with Crippen molar-refractivity contribution in [2.45, 2.75) is 52.0 Å². The van der Waals surface area contributed by atoms with Gasteiger partial charge in [0.05, 0.1) is 5.92 Å². The number of amides is 2.